The van der Waals surface area contributed by atoms with E-state index in [1.54, 1.807) is 13.8 Å². The van der Waals surface area contributed by atoms with Crippen molar-refractivity contribution in [3.63, 3.8) is 0 Å². The second-order valence-electron chi connectivity index (χ2n) is 4.40. The highest BCUT2D eigenvalue weighted by Crippen LogP contribution is 2.26. The van der Waals surface area contributed by atoms with Crippen LogP contribution in [0, 0.1) is 0 Å². The first kappa shape index (κ1) is 16.2. The summed E-state index contributed by atoms with van der Waals surface area (Å²) in [5.41, 5.74) is 0. The first-order valence-corrected chi connectivity index (χ1v) is 7.66. The molecule has 0 aliphatic rings. The van der Waals surface area contributed by atoms with Gasteiger partial charge in [0.2, 0.25) is 10.0 Å². The molecule has 5 nitrogen and oxygen atoms in total. The van der Waals surface area contributed by atoms with Crippen molar-refractivity contribution in [1.82, 2.24) is 4.72 Å². The highest BCUT2D eigenvalue weighted by molar-refractivity contribution is 7.89. The number of hydrogen-bond donors (Lipinski definition) is 2. The third kappa shape index (κ3) is 4.65. The molecule has 0 saturated carbocycles. The predicted molar refractivity (Wildman–Crippen MR) is 74.1 cm³/mol. The fraction of sp³-hybridized carbons (Fsp3) is 0.500. The minimum atomic E-state index is -3.65. The Balaban J connectivity index is 2.91. The van der Waals surface area contributed by atoms with Crippen molar-refractivity contribution >= 4 is 21.6 Å². The van der Waals surface area contributed by atoms with E-state index in [4.69, 9.17) is 16.3 Å². The van der Waals surface area contributed by atoms with Gasteiger partial charge in [0.1, 0.15) is 5.75 Å². The summed E-state index contributed by atoms with van der Waals surface area (Å²) in [5, 5.41) is 9.46. The highest BCUT2D eigenvalue weighted by atomic mass is 35.5. The number of methoxy groups -OCH3 is 1. The van der Waals surface area contributed by atoms with Gasteiger partial charge in [-0.2, -0.15) is 0 Å². The number of ether oxygens (including phenoxy) is 1. The Morgan fingerprint density at radius 3 is 2.53 bits per heavy atom. The summed E-state index contributed by atoms with van der Waals surface area (Å²) in [6, 6.07) is 3.88. The number of rotatable bonds is 6. The molecule has 2 atom stereocenters. The number of aliphatic hydroxyl groups is 1. The standard InChI is InChI=1S/C12H18ClNO4S/c1-8(6-9(2)15)14-19(16,17)10-4-5-12(18-3)11(13)7-10/h4-5,7-9,14-15H,6H2,1-3H3. The molecule has 0 aromatic heterocycles. The molecule has 0 bridgehead atoms. The van der Waals surface area contributed by atoms with E-state index in [1.165, 1.54) is 25.3 Å². The third-order valence-electron chi connectivity index (χ3n) is 2.48. The van der Waals surface area contributed by atoms with Crippen LogP contribution in [0.3, 0.4) is 0 Å². The van der Waals surface area contributed by atoms with Crippen LogP contribution < -0.4 is 9.46 Å². The molecule has 0 radical (unpaired) electrons. The zero-order chi connectivity index (χ0) is 14.6. The number of nitrogens with one attached hydrogen (secondary N) is 1. The normalized spacial score (nSPS) is 15.0. The minimum Gasteiger partial charge on any atom is -0.495 e. The van der Waals surface area contributed by atoms with Crippen molar-refractivity contribution in [2.24, 2.45) is 0 Å². The van der Waals surface area contributed by atoms with Gasteiger partial charge >= 0.3 is 0 Å². The first-order valence-electron chi connectivity index (χ1n) is 5.80. The van der Waals surface area contributed by atoms with Gasteiger partial charge in [-0.1, -0.05) is 11.6 Å². The van der Waals surface area contributed by atoms with Crippen LogP contribution >= 0.6 is 11.6 Å². The lowest BCUT2D eigenvalue weighted by Crippen LogP contribution is -2.34. The van der Waals surface area contributed by atoms with Crippen LogP contribution in [-0.4, -0.2) is 32.8 Å². The molecule has 1 rings (SSSR count). The molecule has 7 heteroatoms. The van der Waals surface area contributed by atoms with Crippen molar-refractivity contribution in [2.45, 2.75) is 37.3 Å². The molecule has 2 N–H and O–H groups in total. The fourth-order valence-electron chi connectivity index (χ4n) is 1.71. The summed E-state index contributed by atoms with van der Waals surface area (Å²) in [6.45, 7) is 3.30. The molecule has 0 fully saturated rings. The molecule has 0 aliphatic heterocycles. The van der Waals surface area contributed by atoms with E-state index in [9.17, 15) is 13.5 Å². The maximum Gasteiger partial charge on any atom is 0.240 e. The minimum absolute atomic E-state index is 0.0655. The second-order valence-corrected chi connectivity index (χ2v) is 6.52. The number of halogens is 1. The Bertz CT molecular complexity index is 531. The lowest BCUT2D eigenvalue weighted by Gasteiger charge is -2.16. The van der Waals surface area contributed by atoms with Crippen LogP contribution in [0.15, 0.2) is 23.1 Å². The molecule has 2 unspecified atom stereocenters. The summed E-state index contributed by atoms with van der Waals surface area (Å²) in [6.07, 6.45) is -0.236. The van der Waals surface area contributed by atoms with E-state index < -0.39 is 16.1 Å². The lowest BCUT2D eigenvalue weighted by atomic mass is 10.2. The van der Waals surface area contributed by atoms with Gasteiger partial charge in [0.05, 0.1) is 23.1 Å². The molecule has 0 heterocycles. The molecule has 19 heavy (non-hydrogen) atoms. The zero-order valence-corrected chi connectivity index (χ0v) is 12.6. The van der Waals surface area contributed by atoms with E-state index >= 15 is 0 Å². The van der Waals surface area contributed by atoms with Crippen molar-refractivity contribution in [2.75, 3.05) is 7.11 Å². The average molecular weight is 308 g/mol. The molecule has 108 valence electrons. The Hall–Kier alpha value is -0.820. The van der Waals surface area contributed by atoms with Crippen molar-refractivity contribution in [3.05, 3.63) is 23.2 Å². The van der Waals surface area contributed by atoms with Gasteiger partial charge in [-0.3, -0.25) is 0 Å². The van der Waals surface area contributed by atoms with Crippen LogP contribution in [0.2, 0.25) is 5.02 Å². The molecule has 1 aromatic rings. The van der Waals surface area contributed by atoms with Gasteiger partial charge in [-0.25, -0.2) is 13.1 Å². The number of benzene rings is 1. The summed E-state index contributed by atoms with van der Waals surface area (Å²) >= 11 is 5.90. The van der Waals surface area contributed by atoms with Gasteiger partial charge in [0.15, 0.2) is 0 Å². The molecular formula is C12H18ClNO4S. The quantitative estimate of drug-likeness (QED) is 0.840. The zero-order valence-electron chi connectivity index (χ0n) is 11.1. The number of aliphatic hydroxyl groups excluding tert-OH is 1. The van der Waals surface area contributed by atoms with Crippen molar-refractivity contribution in [3.8, 4) is 5.75 Å². The predicted octanol–water partition coefficient (Wildman–Crippen LogP) is 1.79. The molecule has 0 amide bonds. The Morgan fingerprint density at radius 2 is 2.05 bits per heavy atom. The SMILES string of the molecule is COc1ccc(S(=O)(=O)NC(C)CC(C)O)cc1Cl. The number of hydrogen-bond acceptors (Lipinski definition) is 4. The number of sulfonamides is 1. The molecular weight excluding hydrogens is 290 g/mol. The van der Waals surface area contributed by atoms with Crippen LogP contribution in [-0.2, 0) is 10.0 Å². The van der Waals surface area contributed by atoms with E-state index in [0.717, 1.165) is 0 Å². The van der Waals surface area contributed by atoms with Gasteiger partial charge in [0.25, 0.3) is 0 Å². The largest absolute Gasteiger partial charge is 0.495 e. The maximum absolute atomic E-state index is 12.1. The summed E-state index contributed by atoms with van der Waals surface area (Å²) < 4.78 is 31.6. The maximum atomic E-state index is 12.1. The summed E-state index contributed by atoms with van der Waals surface area (Å²) in [4.78, 5) is 0.0655. The van der Waals surface area contributed by atoms with Crippen LogP contribution in [0.5, 0.6) is 5.75 Å². The molecule has 0 saturated heterocycles. The van der Waals surface area contributed by atoms with E-state index in [0.29, 0.717) is 12.2 Å². The van der Waals surface area contributed by atoms with Crippen molar-refractivity contribution < 1.29 is 18.3 Å². The van der Waals surface area contributed by atoms with Gasteiger partial charge in [0, 0.05) is 6.04 Å². The average Bonchev–Trinajstić information content (AvgIpc) is 2.26. The van der Waals surface area contributed by atoms with Crippen LogP contribution in [0.4, 0.5) is 0 Å². The summed E-state index contributed by atoms with van der Waals surface area (Å²) in [7, 11) is -2.20. The van der Waals surface area contributed by atoms with E-state index in [-0.39, 0.29) is 16.0 Å². The summed E-state index contributed by atoms with van der Waals surface area (Å²) in [5.74, 6) is 0.414. The lowest BCUT2D eigenvalue weighted by molar-refractivity contribution is 0.175. The molecule has 1 aromatic carbocycles. The van der Waals surface area contributed by atoms with Gasteiger partial charge in [-0.05, 0) is 38.5 Å². The topological polar surface area (TPSA) is 75.6 Å². The Labute approximate surface area is 118 Å². The highest BCUT2D eigenvalue weighted by Gasteiger charge is 2.19. The van der Waals surface area contributed by atoms with Gasteiger partial charge in [-0.15, -0.1) is 0 Å². The smallest absolute Gasteiger partial charge is 0.240 e. The third-order valence-corrected chi connectivity index (χ3v) is 4.37. The first-order chi connectivity index (χ1) is 8.76. The van der Waals surface area contributed by atoms with E-state index in [2.05, 4.69) is 4.72 Å². The second kappa shape index (κ2) is 6.56. The monoisotopic (exact) mass is 307 g/mol. The molecule has 0 spiro atoms. The fourth-order valence-corrected chi connectivity index (χ4v) is 3.31. The van der Waals surface area contributed by atoms with Crippen LogP contribution in [0.25, 0.3) is 0 Å². The van der Waals surface area contributed by atoms with Crippen LogP contribution in [0.1, 0.15) is 20.3 Å². The van der Waals surface area contributed by atoms with Crippen molar-refractivity contribution in [1.29, 1.82) is 0 Å². The van der Waals surface area contributed by atoms with E-state index in [1.807, 2.05) is 0 Å². The molecule has 0 aliphatic carbocycles. The van der Waals surface area contributed by atoms with Gasteiger partial charge < -0.3 is 9.84 Å². The Morgan fingerprint density at radius 1 is 1.42 bits per heavy atom. The Kier molecular flexibility index (Phi) is 5.61.